The lowest BCUT2D eigenvalue weighted by atomic mass is 10.2. The number of benzene rings is 1. The van der Waals surface area contributed by atoms with Crippen molar-refractivity contribution in [2.75, 3.05) is 0 Å². The molecule has 0 saturated heterocycles. The number of imidazole rings is 1. The van der Waals surface area contributed by atoms with Crippen LogP contribution in [0.15, 0.2) is 54.0 Å². The molecule has 21 heavy (non-hydrogen) atoms. The van der Waals surface area contributed by atoms with Gasteiger partial charge in [-0.1, -0.05) is 36.4 Å². The second-order valence-electron chi connectivity index (χ2n) is 4.72. The zero-order chi connectivity index (χ0) is 14.7. The first-order valence-electron chi connectivity index (χ1n) is 6.69. The van der Waals surface area contributed by atoms with Crippen LogP contribution in [0.1, 0.15) is 28.5 Å². The monoisotopic (exact) mass is 297 g/mol. The highest BCUT2D eigenvalue weighted by Gasteiger charge is 2.15. The molecule has 5 heteroatoms. The van der Waals surface area contributed by atoms with E-state index in [0.29, 0.717) is 4.88 Å². The molecule has 106 valence electrons. The maximum absolute atomic E-state index is 12.0. The average molecular weight is 297 g/mol. The molecule has 2 aromatic heterocycles. The minimum atomic E-state index is -0.169. The lowest BCUT2D eigenvalue weighted by Crippen LogP contribution is -2.26. The molecule has 1 atom stereocenters. The van der Waals surface area contributed by atoms with Gasteiger partial charge in [0, 0.05) is 0 Å². The number of hydrogen-bond acceptors (Lipinski definition) is 3. The Morgan fingerprint density at radius 2 is 2.05 bits per heavy atom. The number of hydrogen-bond donors (Lipinski definition) is 2. The summed E-state index contributed by atoms with van der Waals surface area (Å²) >= 11 is 1.43. The first-order valence-corrected chi connectivity index (χ1v) is 7.56. The molecule has 4 nitrogen and oxygen atoms in total. The molecule has 0 saturated carbocycles. The number of carbonyl (C=O) groups excluding carboxylic acids is 1. The van der Waals surface area contributed by atoms with Gasteiger partial charge in [0.2, 0.25) is 0 Å². The van der Waals surface area contributed by atoms with Crippen molar-refractivity contribution < 1.29 is 4.79 Å². The van der Waals surface area contributed by atoms with E-state index in [0.717, 1.165) is 17.1 Å². The molecule has 0 fully saturated rings. The topological polar surface area (TPSA) is 57.8 Å². The van der Waals surface area contributed by atoms with Crippen LogP contribution in [0.2, 0.25) is 0 Å². The van der Waals surface area contributed by atoms with Crippen LogP contribution in [0.25, 0.3) is 11.3 Å². The van der Waals surface area contributed by atoms with Crippen molar-refractivity contribution in [1.82, 2.24) is 15.3 Å². The van der Waals surface area contributed by atoms with Gasteiger partial charge in [0.1, 0.15) is 5.82 Å². The number of aromatic nitrogens is 2. The lowest BCUT2D eigenvalue weighted by molar-refractivity contribution is 0.0942. The average Bonchev–Trinajstić information content (AvgIpc) is 3.20. The van der Waals surface area contributed by atoms with Crippen molar-refractivity contribution in [2.24, 2.45) is 0 Å². The van der Waals surface area contributed by atoms with Gasteiger partial charge in [-0.05, 0) is 23.9 Å². The van der Waals surface area contributed by atoms with Crippen LogP contribution in [0.4, 0.5) is 0 Å². The Morgan fingerprint density at radius 3 is 2.76 bits per heavy atom. The van der Waals surface area contributed by atoms with Crippen LogP contribution in [0, 0.1) is 0 Å². The summed E-state index contributed by atoms with van der Waals surface area (Å²) in [5.74, 6) is 0.675. The molecule has 3 aromatic rings. The van der Waals surface area contributed by atoms with Gasteiger partial charge in [-0.3, -0.25) is 4.79 Å². The fourth-order valence-electron chi connectivity index (χ4n) is 2.06. The minimum absolute atomic E-state index is 0.0739. The summed E-state index contributed by atoms with van der Waals surface area (Å²) in [4.78, 5) is 20.3. The van der Waals surface area contributed by atoms with Crippen molar-refractivity contribution in [2.45, 2.75) is 13.0 Å². The summed E-state index contributed by atoms with van der Waals surface area (Å²) in [6, 6.07) is 13.5. The summed E-state index contributed by atoms with van der Waals surface area (Å²) in [5.41, 5.74) is 2.02. The van der Waals surface area contributed by atoms with Gasteiger partial charge in [-0.2, -0.15) is 0 Å². The third kappa shape index (κ3) is 3.03. The van der Waals surface area contributed by atoms with E-state index in [1.807, 2.05) is 54.8 Å². The quantitative estimate of drug-likeness (QED) is 0.772. The van der Waals surface area contributed by atoms with Crippen molar-refractivity contribution >= 4 is 17.2 Å². The van der Waals surface area contributed by atoms with Crippen molar-refractivity contribution in [3.8, 4) is 11.3 Å². The molecule has 0 aliphatic heterocycles. The van der Waals surface area contributed by atoms with Crippen molar-refractivity contribution in [3.63, 3.8) is 0 Å². The maximum Gasteiger partial charge on any atom is 0.261 e. The van der Waals surface area contributed by atoms with Gasteiger partial charge in [-0.25, -0.2) is 4.98 Å². The van der Waals surface area contributed by atoms with Gasteiger partial charge in [0.15, 0.2) is 0 Å². The maximum atomic E-state index is 12.0. The van der Waals surface area contributed by atoms with E-state index < -0.39 is 0 Å². The number of amides is 1. The number of nitrogens with zero attached hydrogens (tertiary/aromatic N) is 1. The van der Waals surface area contributed by atoms with Crippen LogP contribution in [0.3, 0.4) is 0 Å². The standard InChI is InChI=1S/C16H15N3OS/c1-11(18-16(20)14-8-5-9-21-14)15-17-10-13(19-15)12-6-3-2-4-7-12/h2-11H,1H3,(H,17,19)(H,18,20)/t11-/m0/s1. The number of aromatic amines is 1. The molecule has 0 radical (unpaired) electrons. The van der Waals surface area contributed by atoms with Gasteiger partial charge in [0.25, 0.3) is 5.91 Å². The van der Waals surface area contributed by atoms with E-state index in [4.69, 9.17) is 0 Å². The Morgan fingerprint density at radius 1 is 1.24 bits per heavy atom. The van der Waals surface area contributed by atoms with E-state index >= 15 is 0 Å². The zero-order valence-electron chi connectivity index (χ0n) is 11.5. The molecule has 0 bridgehead atoms. The molecule has 1 aromatic carbocycles. The lowest BCUT2D eigenvalue weighted by Gasteiger charge is -2.10. The number of rotatable bonds is 4. The molecular formula is C16H15N3OS. The SMILES string of the molecule is C[C@H](NC(=O)c1cccs1)c1ncc(-c2ccccc2)[nH]1. The molecule has 3 rings (SSSR count). The highest BCUT2D eigenvalue weighted by molar-refractivity contribution is 7.12. The highest BCUT2D eigenvalue weighted by atomic mass is 32.1. The van der Waals surface area contributed by atoms with Crippen molar-refractivity contribution in [3.05, 3.63) is 64.7 Å². The van der Waals surface area contributed by atoms with Gasteiger partial charge in [0.05, 0.1) is 22.8 Å². The second kappa shape index (κ2) is 5.93. The Bertz CT molecular complexity index is 719. The molecule has 1 amide bonds. The number of carbonyl (C=O) groups is 1. The fourth-order valence-corrected chi connectivity index (χ4v) is 2.69. The largest absolute Gasteiger partial charge is 0.342 e. The normalized spacial score (nSPS) is 12.0. The zero-order valence-corrected chi connectivity index (χ0v) is 12.4. The van der Waals surface area contributed by atoms with Crippen LogP contribution in [-0.2, 0) is 0 Å². The molecule has 0 aliphatic carbocycles. The Balaban J connectivity index is 1.73. The molecule has 0 aliphatic rings. The Hall–Kier alpha value is -2.40. The van der Waals surface area contributed by atoms with Crippen LogP contribution < -0.4 is 5.32 Å². The fraction of sp³-hybridized carbons (Fsp3) is 0.125. The molecule has 0 unspecified atom stereocenters. The van der Waals surface area contributed by atoms with Crippen molar-refractivity contribution in [1.29, 1.82) is 0 Å². The predicted octanol–water partition coefficient (Wildman–Crippen LogP) is 3.63. The highest BCUT2D eigenvalue weighted by Crippen LogP contribution is 2.19. The minimum Gasteiger partial charge on any atom is -0.342 e. The van der Waals surface area contributed by atoms with E-state index in [2.05, 4.69) is 15.3 Å². The molecular weight excluding hydrogens is 282 g/mol. The summed E-state index contributed by atoms with van der Waals surface area (Å²) in [6.45, 7) is 1.92. The van der Waals surface area contributed by atoms with Gasteiger partial charge >= 0.3 is 0 Å². The summed E-state index contributed by atoms with van der Waals surface area (Å²) in [6.07, 6.45) is 1.79. The summed E-state index contributed by atoms with van der Waals surface area (Å²) in [5, 5.41) is 4.83. The van der Waals surface area contributed by atoms with Gasteiger partial charge in [-0.15, -0.1) is 11.3 Å². The smallest absolute Gasteiger partial charge is 0.261 e. The Kier molecular flexibility index (Phi) is 3.83. The first-order chi connectivity index (χ1) is 10.2. The third-order valence-corrected chi connectivity index (χ3v) is 4.05. The number of thiophene rings is 1. The molecule has 2 heterocycles. The van der Waals surface area contributed by atoms with E-state index in [9.17, 15) is 4.79 Å². The second-order valence-corrected chi connectivity index (χ2v) is 5.67. The van der Waals surface area contributed by atoms with E-state index in [1.165, 1.54) is 11.3 Å². The summed E-state index contributed by atoms with van der Waals surface area (Å²) < 4.78 is 0. The molecule has 0 spiro atoms. The van der Waals surface area contributed by atoms with Crippen LogP contribution in [-0.4, -0.2) is 15.9 Å². The number of nitrogens with one attached hydrogen (secondary N) is 2. The first kappa shape index (κ1) is 13.6. The van der Waals surface area contributed by atoms with Crippen LogP contribution >= 0.6 is 11.3 Å². The van der Waals surface area contributed by atoms with E-state index in [1.54, 1.807) is 6.20 Å². The Labute approximate surface area is 126 Å². The number of H-pyrrole nitrogens is 1. The van der Waals surface area contributed by atoms with E-state index in [-0.39, 0.29) is 11.9 Å². The summed E-state index contributed by atoms with van der Waals surface area (Å²) in [7, 11) is 0. The van der Waals surface area contributed by atoms with Gasteiger partial charge < -0.3 is 10.3 Å². The van der Waals surface area contributed by atoms with Crippen LogP contribution in [0.5, 0.6) is 0 Å². The predicted molar refractivity (Wildman–Crippen MR) is 84.2 cm³/mol. The third-order valence-electron chi connectivity index (χ3n) is 3.18. The molecule has 2 N–H and O–H groups in total.